The summed E-state index contributed by atoms with van der Waals surface area (Å²) in [6.07, 6.45) is 16.6. The van der Waals surface area contributed by atoms with E-state index in [2.05, 4.69) is 73.3 Å². The van der Waals surface area contributed by atoms with Gasteiger partial charge in [-0.3, -0.25) is 0 Å². The molecule has 0 radical (unpaired) electrons. The average Bonchev–Trinajstić information content (AvgIpc) is 2.63. The molecule has 1 nitrogen and oxygen atoms in total. The van der Waals surface area contributed by atoms with E-state index in [0.717, 1.165) is 6.42 Å². The number of benzene rings is 1. The number of pyridine rings is 1. The second kappa shape index (κ2) is 11.0. The first-order chi connectivity index (χ1) is 11.8. The van der Waals surface area contributed by atoms with E-state index >= 15 is 0 Å². The van der Waals surface area contributed by atoms with Gasteiger partial charge in [-0.25, -0.2) is 0 Å². The quantitative estimate of drug-likeness (QED) is 0.339. The predicted molar refractivity (Wildman–Crippen MR) is 103 cm³/mol. The monoisotopic (exact) mass is 324 g/mol. The van der Waals surface area contributed by atoms with Crippen LogP contribution in [-0.4, -0.2) is 0 Å². The summed E-state index contributed by atoms with van der Waals surface area (Å²) in [6, 6.07) is 15.8. The molecule has 0 aliphatic rings. The summed E-state index contributed by atoms with van der Waals surface area (Å²) in [4.78, 5) is 0. The highest BCUT2D eigenvalue weighted by Gasteiger charge is 2.18. The largest absolute Gasteiger partial charge is 0.198 e. The maximum absolute atomic E-state index is 2.39. The van der Waals surface area contributed by atoms with E-state index in [1.54, 1.807) is 0 Å². The van der Waals surface area contributed by atoms with Crippen molar-refractivity contribution in [2.75, 3.05) is 0 Å². The van der Waals surface area contributed by atoms with Gasteiger partial charge in [0.2, 0.25) is 0 Å². The highest BCUT2D eigenvalue weighted by atomic mass is 15.0. The summed E-state index contributed by atoms with van der Waals surface area (Å²) in [5, 5.41) is 0. The van der Waals surface area contributed by atoms with Crippen LogP contribution in [0.1, 0.15) is 82.4 Å². The molecule has 0 amide bonds. The maximum atomic E-state index is 2.39. The van der Waals surface area contributed by atoms with Crippen molar-refractivity contribution in [3.8, 4) is 0 Å². The standard InChI is InChI=1S/C23H34N/c1-3-5-6-7-8-9-11-15-21-16-14-19-24(20-21)23(4-2)22-17-12-10-13-18-22/h10,12-14,16-20,23H,3-9,11,15H2,1-2H3/q+1. The molecule has 2 rings (SSSR count). The van der Waals surface area contributed by atoms with Gasteiger partial charge >= 0.3 is 0 Å². The van der Waals surface area contributed by atoms with E-state index in [4.69, 9.17) is 0 Å². The first-order valence-corrected chi connectivity index (χ1v) is 9.89. The van der Waals surface area contributed by atoms with Gasteiger partial charge < -0.3 is 0 Å². The van der Waals surface area contributed by atoms with Crippen LogP contribution in [0.25, 0.3) is 0 Å². The number of hydrogen-bond donors (Lipinski definition) is 0. The van der Waals surface area contributed by atoms with Gasteiger partial charge in [0.05, 0.1) is 0 Å². The fourth-order valence-corrected chi connectivity index (χ4v) is 3.47. The van der Waals surface area contributed by atoms with Gasteiger partial charge in [0.15, 0.2) is 18.4 Å². The maximum Gasteiger partial charge on any atom is 0.183 e. The highest BCUT2D eigenvalue weighted by Crippen LogP contribution is 2.16. The normalized spacial score (nSPS) is 12.2. The molecule has 0 spiro atoms. The molecule has 1 heterocycles. The second-order valence-corrected chi connectivity index (χ2v) is 6.87. The molecule has 0 N–H and O–H groups in total. The number of aryl methyl sites for hydroxylation is 1. The fourth-order valence-electron chi connectivity index (χ4n) is 3.47. The third-order valence-electron chi connectivity index (χ3n) is 4.88. The van der Waals surface area contributed by atoms with E-state index in [-0.39, 0.29) is 0 Å². The van der Waals surface area contributed by atoms with Crippen LogP contribution in [0.4, 0.5) is 0 Å². The van der Waals surface area contributed by atoms with Gasteiger partial charge in [0, 0.05) is 23.6 Å². The molecule has 1 unspecified atom stereocenters. The van der Waals surface area contributed by atoms with E-state index in [9.17, 15) is 0 Å². The lowest BCUT2D eigenvalue weighted by Crippen LogP contribution is -2.39. The molecule has 0 saturated carbocycles. The molecule has 1 aromatic heterocycles. The van der Waals surface area contributed by atoms with Gasteiger partial charge in [-0.15, -0.1) is 0 Å². The van der Waals surface area contributed by atoms with Crippen molar-refractivity contribution in [3.05, 3.63) is 66.0 Å². The molecule has 1 aromatic carbocycles. The van der Waals surface area contributed by atoms with Crippen molar-refractivity contribution in [3.63, 3.8) is 0 Å². The van der Waals surface area contributed by atoms with Gasteiger partial charge in [-0.2, -0.15) is 4.57 Å². The number of hydrogen-bond acceptors (Lipinski definition) is 0. The summed E-state index contributed by atoms with van der Waals surface area (Å²) in [5.41, 5.74) is 2.87. The molecule has 0 saturated heterocycles. The van der Waals surface area contributed by atoms with Crippen LogP contribution < -0.4 is 4.57 Å². The summed E-state index contributed by atoms with van der Waals surface area (Å²) in [6.45, 7) is 4.55. The van der Waals surface area contributed by atoms with E-state index in [0.29, 0.717) is 6.04 Å². The van der Waals surface area contributed by atoms with Crippen molar-refractivity contribution in [1.82, 2.24) is 0 Å². The number of nitrogens with zero attached hydrogens (tertiary/aromatic N) is 1. The van der Waals surface area contributed by atoms with Crippen LogP contribution in [0.5, 0.6) is 0 Å². The molecule has 1 atom stereocenters. The van der Waals surface area contributed by atoms with Gasteiger partial charge in [0.1, 0.15) is 0 Å². The first kappa shape index (κ1) is 18.7. The van der Waals surface area contributed by atoms with Crippen LogP contribution in [0.15, 0.2) is 54.9 Å². The molecule has 1 heteroatoms. The van der Waals surface area contributed by atoms with Crippen LogP contribution >= 0.6 is 0 Å². The van der Waals surface area contributed by atoms with Crippen molar-refractivity contribution >= 4 is 0 Å². The predicted octanol–water partition coefficient (Wildman–Crippen LogP) is 6.27. The lowest BCUT2D eigenvalue weighted by Gasteiger charge is -2.11. The fraction of sp³-hybridized carbons (Fsp3) is 0.522. The van der Waals surface area contributed by atoms with Crippen molar-refractivity contribution in [1.29, 1.82) is 0 Å². The van der Waals surface area contributed by atoms with Crippen molar-refractivity contribution < 1.29 is 4.57 Å². The Balaban J connectivity index is 1.86. The minimum absolute atomic E-state index is 0.445. The van der Waals surface area contributed by atoms with Crippen molar-refractivity contribution in [2.45, 2.75) is 77.7 Å². The number of unbranched alkanes of at least 4 members (excludes halogenated alkanes) is 6. The Kier molecular flexibility index (Phi) is 8.59. The molecule has 0 fully saturated rings. The molecule has 0 aliphatic heterocycles. The lowest BCUT2D eigenvalue weighted by molar-refractivity contribution is -0.714. The van der Waals surface area contributed by atoms with Gasteiger partial charge in [-0.05, 0) is 18.9 Å². The Morgan fingerprint density at radius 1 is 0.792 bits per heavy atom. The molecule has 0 bridgehead atoms. The summed E-state index contributed by atoms with van der Waals surface area (Å²) < 4.78 is 2.39. The SMILES string of the molecule is CCCCCCCCCc1ccc[n+](C(CC)c2ccccc2)c1. The first-order valence-electron chi connectivity index (χ1n) is 9.89. The van der Waals surface area contributed by atoms with E-state index in [1.165, 1.54) is 62.5 Å². The number of aromatic nitrogens is 1. The average molecular weight is 325 g/mol. The lowest BCUT2D eigenvalue weighted by atomic mass is 10.0. The van der Waals surface area contributed by atoms with Crippen LogP contribution in [0, 0.1) is 0 Å². The zero-order valence-corrected chi connectivity index (χ0v) is 15.6. The summed E-state index contributed by atoms with van der Waals surface area (Å²) in [7, 11) is 0. The zero-order chi connectivity index (χ0) is 17.0. The third-order valence-corrected chi connectivity index (χ3v) is 4.88. The van der Waals surface area contributed by atoms with Crippen LogP contribution in [-0.2, 0) is 6.42 Å². The Morgan fingerprint density at radius 2 is 1.50 bits per heavy atom. The van der Waals surface area contributed by atoms with Crippen LogP contribution in [0.3, 0.4) is 0 Å². The minimum atomic E-state index is 0.445. The molecule has 24 heavy (non-hydrogen) atoms. The molecular formula is C23H34N+. The van der Waals surface area contributed by atoms with Gasteiger partial charge in [-0.1, -0.05) is 82.7 Å². The Labute approximate surface area is 148 Å². The second-order valence-electron chi connectivity index (χ2n) is 6.87. The molecule has 0 aliphatic carbocycles. The number of rotatable bonds is 11. The van der Waals surface area contributed by atoms with Crippen LogP contribution in [0.2, 0.25) is 0 Å². The Hall–Kier alpha value is -1.63. The summed E-state index contributed by atoms with van der Waals surface area (Å²) in [5.74, 6) is 0. The van der Waals surface area contributed by atoms with E-state index in [1.807, 2.05) is 0 Å². The minimum Gasteiger partial charge on any atom is -0.198 e. The van der Waals surface area contributed by atoms with Crippen molar-refractivity contribution in [2.24, 2.45) is 0 Å². The van der Waals surface area contributed by atoms with E-state index < -0.39 is 0 Å². The Bertz CT molecular complexity index is 561. The zero-order valence-electron chi connectivity index (χ0n) is 15.6. The third kappa shape index (κ3) is 6.11. The molecular weight excluding hydrogens is 290 g/mol. The summed E-state index contributed by atoms with van der Waals surface area (Å²) >= 11 is 0. The molecule has 2 aromatic rings. The van der Waals surface area contributed by atoms with Gasteiger partial charge in [0.25, 0.3) is 0 Å². The smallest absolute Gasteiger partial charge is 0.183 e. The topological polar surface area (TPSA) is 3.88 Å². The molecule has 130 valence electrons. The highest BCUT2D eigenvalue weighted by molar-refractivity contribution is 5.17. The Morgan fingerprint density at radius 3 is 2.21 bits per heavy atom.